The Morgan fingerprint density at radius 3 is 2.56 bits per heavy atom. The van der Waals surface area contributed by atoms with E-state index >= 15 is 0 Å². The van der Waals surface area contributed by atoms with E-state index in [0.717, 1.165) is 30.3 Å². The number of benzene rings is 2. The van der Waals surface area contributed by atoms with E-state index in [1.165, 1.54) is 11.8 Å². The van der Waals surface area contributed by atoms with Gasteiger partial charge in [-0.15, -0.1) is 0 Å². The zero-order chi connectivity index (χ0) is 24.1. The van der Waals surface area contributed by atoms with Crippen LogP contribution in [0.25, 0.3) is 11.0 Å². The van der Waals surface area contributed by atoms with Gasteiger partial charge in [0, 0.05) is 25.3 Å². The number of nitrogens with one attached hydrogen (secondary N) is 1. The van der Waals surface area contributed by atoms with E-state index in [4.69, 9.17) is 5.26 Å². The summed E-state index contributed by atoms with van der Waals surface area (Å²) in [6.45, 7) is 3.76. The number of aryl methyl sites for hydroxylation is 1. The summed E-state index contributed by atoms with van der Waals surface area (Å²) in [5, 5.41) is 12.3. The van der Waals surface area contributed by atoms with Gasteiger partial charge >= 0.3 is 0 Å². The molecule has 34 heavy (non-hydrogen) atoms. The molecule has 1 amide bonds. The normalized spacial score (nSPS) is 14.7. The minimum atomic E-state index is -3.54. The lowest BCUT2D eigenvalue weighted by Gasteiger charge is -2.25. The molecule has 178 valence electrons. The number of fused-ring (bicyclic) bond motifs is 1. The number of hydrogen-bond donors (Lipinski definition) is 1. The summed E-state index contributed by atoms with van der Waals surface area (Å²) in [5.41, 5.74) is 3.02. The van der Waals surface area contributed by atoms with Crippen molar-refractivity contribution in [3.05, 3.63) is 48.0 Å². The van der Waals surface area contributed by atoms with Gasteiger partial charge in [0.25, 0.3) is 0 Å². The maximum atomic E-state index is 13.1. The number of imidazole rings is 1. The van der Waals surface area contributed by atoms with E-state index < -0.39 is 10.0 Å². The third-order valence-electron chi connectivity index (χ3n) is 5.81. The largest absolute Gasteiger partial charge is 0.325 e. The predicted octanol–water partition coefficient (Wildman–Crippen LogP) is 4.03. The average Bonchev–Trinajstić information content (AvgIpc) is 3.21. The fourth-order valence-electron chi connectivity index (χ4n) is 4.04. The Bertz CT molecular complexity index is 1320. The highest BCUT2D eigenvalue weighted by Gasteiger charge is 2.26. The van der Waals surface area contributed by atoms with Crippen LogP contribution >= 0.6 is 11.8 Å². The van der Waals surface area contributed by atoms with Crippen molar-refractivity contribution in [1.29, 1.82) is 5.26 Å². The van der Waals surface area contributed by atoms with Crippen molar-refractivity contribution >= 4 is 44.4 Å². The molecule has 8 nitrogen and oxygen atoms in total. The van der Waals surface area contributed by atoms with Gasteiger partial charge in [-0.2, -0.15) is 9.57 Å². The molecule has 1 N–H and O–H groups in total. The van der Waals surface area contributed by atoms with E-state index in [1.54, 1.807) is 34.6 Å². The minimum absolute atomic E-state index is 0.166. The summed E-state index contributed by atoms with van der Waals surface area (Å²) in [5.74, 6) is 0.00321. The Kier molecular flexibility index (Phi) is 7.56. The SMILES string of the molecule is CCn1c(SCC(=O)Nc2ccc(CC#N)cc2)nc2cc(S(=O)(=O)N3CCCCC3)ccc21. The van der Waals surface area contributed by atoms with Crippen LogP contribution in [0, 0.1) is 11.3 Å². The Morgan fingerprint density at radius 1 is 1.15 bits per heavy atom. The summed E-state index contributed by atoms with van der Waals surface area (Å²) in [7, 11) is -3.54. The molecule has 1 fully saturated rings. The van der Waals surface area contributed by atoms with Crippen molar-refractivity contribution in [2.24, 2.45) is 0 Å². The maximum Gasteiger partial charge on any atom is 0.243 e. The third-order valence-corrected chi connectivity index (χ3v) is 8.68. The van der Waals surface area contributed by atoms with Crippen LogP contribution in [-0.2, 0) is 27.8 Å². The summed E-state index contributed by atoms with van der Waals surface area (Å²) in [6, 6.07) is 14.4. The van der Waals surface area contributed by atoms with Gasteiger partial charge in [0.15, 0.2) is 5.16 Å². The number of nitrogens with zero attached hydrogens (tertiary/aromatic N) is 4. The maximum absolute atomic E-state index is 13.1. The lowest BCUT2D eigenvalue weighted by Crippen LogP contribution is -2.35. The monoisotopic (exact) mass is 497 g/mol. The predicted molar refractivity (Wildman–Crippen MR) is 133 cm³/mol. The molecule has 2 heterocycles. The van der Waals surface area contributed by atoms with Gasteiger partial charge < -0.3 is 9.88 Å². The number of carbonyl (C=O) groups is 1. The third kappa shape index (κ3) is 5.27. The van der Waals surface area contributed by atoms with Crippen LogP contribution in [0.3, 0.4) is 0 Å². The second kappa shape index (κ2) is 10.6. The van der Waals surface area contributed by atoms with Crippen LogP contribution in [0.4, 0.5) is 5.69 Å². The van der Waals surface area contributed by atoms with Gasteiger partial charge in [0.05, 0.1) is 34.2 Å². The van der Waals surface area contributed by atoms with Crippen LogP contribution in [-0.4, -0.2) is 47.0 Å². The lowest BCUT2D eigenvalue weighted by atomic mass is 10.1. The van der Waals surface area contributed by atoms with Crippen LogP contribution in [0.15, 0.2) is 52.5 Å². The summed E-state index contributed by atoms with van der Waals surface area (Å²) in [4.78, 5) is 17.4. The Hall–Kier alpha value is -2.87. The first-order valence-electron chi connectivity index (χ1n) is 11.3. The zero-order valence-corrected chi connectivity index (χ0v) is 20.7. The van der Waals surface area contributed by atoms with E-state index in [2.05, 4.69) is 16.4 Å². The zero-order valence-electron chi connectivity index (χ0n) is 19.0. The number of aromatic nitrogens is 2. The topological polar surface area (TPSA) is 108 Å². The molecule has 10 heteroatoms. The molecular formula is C24H27N5O3S2. The van der Waals surface area contributed by atoms with Crippen LogP contribution < -0.4 is 5.32 Å². The molecule has 4 rings (SSSR count). The molecule has 1 aliphatic rings. The molecule has 3 aromatic rings. The number of carbonyl (C=O) groups excluding carboxylic acids is 1. The van der Waals surface area contributed by atoms with Gasteiger partial charge in [-0.05, 0) is 55.7 Å². The molecule has 1 aromatic heterocycles. The minimum Gasteiger partial charge on any atom is -0.325 e. The highest BCUT2D eigenvalue weighted by Crippen LogP contribution is 2.28. The second-order valence-corrected chi connectivity index (χ2v) is 11.0. The van der Waals surface area contributed by atoms with Crippen molar-refractivity contribution in [2.45, 2.75) is 49.2 Å². The number of amides is 1. The fourth-order valence-corrected chi connectivity index (χ4v) is 6.46. The second-order valence-electron chi connectivity index (χ2n) is 8.12. The van der Waals surface area contributed by atoms with Gasteiger partial charge in [-0.1, -0.05) is 30.3 Å². The van der Waals surface area contributed by atoms with E-state index in [-0.39, 0.29) is 16.6 Å². The Labute approximate surface area is 204 Å². The van der Waals surface area contributed by atoms with E-state index in [1.807, 2.05) is 23.6 Å². The lowest BCUT2D eigenvalue weighted by molar-refractivity contribution is -0.113. The van der Waals surface area contributed by atoms with Crippen molar-refractivity contribution in [3.63, 3.8) is 0 Å². The number of nitriles is 1. The molecule has 0 atom stereocenters. The molecule has 2 aromatic carbocycles. The van der Waals surface area contributed by atoms with Crippen molar-refractivity contribution < 1.29 is 13.2 Å². The first-order chi connectivity index (χ1) is 16.4. The number of thioether (sulfide) groups is 1. The highest BCUT2D eigenvalue weighted by molar-refractivity contribution is 7.99. The number of rotatable bonds is 8. The molecule has 0 radical (unpaired) electrons. The number of anilines is 1. The molecular weight excluding hydrogens is 470 g/mol. The standard InChI is InChI=1S/C24H27N5O3S2/c1-2-29-22-11-10-20(34(31,32)28-14-4-3-5-15-28)16-21(22)27-24(29)33-17-23(30)26-19-8-6-18(7-9-19)12-13-25/h6-11,16H,2-5,12,14-15,17H2,1H3,(H,26,30). The molecule has 1 saturated heterocycles. The van der Waals surface area contributed by atoms with Gasteiger partial charge in [0.2, 0.25) is 15.9 Å². The molecule has 1 aliphatic heterocycles. The van der Waals surface area contributed by atoms with Crippen LogP contribution in [0.5, 0.6) is 0 Å². The smallest absolute Gasteiger partial charge is 0.243 e. The first kappa shape index (κ1) is 24.3. The molecule has 0 bridgehead atoms. The first-order valence-corrected chi connectivity index (χ1v) is 13.7. The Balaban J connectivity index is 1.48. The quantitative estimate of drug-likeness (QED) is 0.471. The van der Waals surface area contributed by atoms with Crippen molar-refractivity contribution in [3.8, 4) is 6.07 Å². The van der Waals surface area contributed by atoms with Crippen LogP contribution in [0.2, 0.25) is 0 Å². The number of piperidine rings is 1. The highest BCUT2D eigenvalue weighted by atomic mass is 32.2. The van der Waals surface area contributed by atoms with E-state index in [9.17, 15) is 13.2 Å². The molecule has 0 unspecified atom stereocenters. The van der Waals surface area contributed by atoms with Crippen molar-refractivity contribution in [1.82, 2.24) is 13.9 Å². The Morgan fingerprint density at radius 2 is 1.88 bits per heavy atom. The van der Waals surface area contributed by atoms with Gasteiger partial charge in [-0.25, -0.2) is 13.4 Å². The van der Waals surface area contributed by atoms with E-state index in [0.29, 0.717) is 42.4 Å². The fraction of sp³-hybridized carbons (Fsp3) is 0.375. The van der Waals surface area contributed by atoms with Gasteiger partial charge in [-0.3, -0.25) is 4.79 Å². The van der Waals surface area contributed by atoms with Crippen LogP contribution in [0.1, 0.15) is 31.7 Å². The molecule has 0 spiro atoms. The molecule has 0 saturated carbocycles. The summed E-state index contributed by atoms with van der Waals surface area (Å²) >= 11 is 1.31. The number of hydrogen-bond acceptors (Lipinski definition) is 6. The summed E-state index contributed by atoms with van der Waals surface area (Å²) < 4.78 is 29.7. The average molecular weight is 498 g/mol. The van der Waals surface area contributed by atoms with Gasteiger partial charge in [0.1, 0.15) is 0 Å². The summed E-state index contributed by atoms with van der Waals surface area (Å²) in [6.07, 6.45) is 3.17. The number of sulfonamides is 1. The van der Waals surface area contributed by atoms with Crippen molar-refractivity contribution in [2.75, 3.05) is 24.2 Å². The molecule has 0 aliphatic carbocycles.